The lowest BCUT2D eigenvalue weighted by atomic mass is 9.95. The van der Waals surface area contributed by atoms with Gasteiger partial charge in [0.1, 0.15) is 5.75 Å². The minimum absolute atomic E-state index is 0.00787. The molecule has 0 saturated heterocycles. The van der Waals surface area contributed by atoms with Crippen LogP contribution >= 0.6 is 0 Å². The lowest BCUT2D eigenvalue weighted by Gasteiger charge is -2.19. The molecule has 3 heteroatoms. The fraction of sp³-hybridized carbons (Fsp3) is 0.421. The van der Waals surface area contributed by atoms with E-state index in [4.69, 9.17) is 4.74 Å². The van der Waals surface area contributed by atoms with E-state index in [1.807, 2.05) is 57.2 Å². The Labute approximate surface area is 132 Å². The van der Waals surface area contributed by atoms with Gasteiger partial charge >= 0.3 is 0 Å². The third-order valence-electron chi connectivity index (χ3n) is 3.39. The first-order valence-electron chi connectivity index (χ1n) is 7.75. The molecule has 0 spiro atoms. The van der Waals surface area contributed by atoms with Crippen LogP contribution in [0.15, 0.2) is 36.4 Å². The van der Waals surface area contributed by atoms with Gasteiger partial charge in [0, 0.05) is 21.9 Å². The van der Waals surface area contributed by atoms with Crippen molar-refractivity contribution in [1.82, 2.24) is 0 Å². The molecule has 2 rings (SSSR count). The first-order valence-corrected chi connectivity index (χ1v) is 7.75. The quantitative estimate of drug-likeness (QED) is 0.875. The molecule has 0 saturated carbocycles. The molecule has 0 radical (unpaired) electrons. The number of rotatable bonds is 4. The van der Waals surface area contributed by atoms with E-state index in [1.165, 1.54) is 0 Å². The van der Waals surface area contributed by atoms with Crippen LogP contribution in [0.3, 0.4) is 0 Å². The van der Waals surface area contributed by atoms with Crippen LogP contribution in [0, 0.1) is 11.3 Å². The van der Waals surface area contributed by atoms with E-state index in [9.17, 15) is 4.79 Å². The Balaban J connectivity index is 2.38. The highest BCUT2D eigenvalue weighted by Crippen LogP contribution is 2.32. The van der Waals surface area contributed by atoms with Gasteiger partial charge in [0.2, 0.25) is 5.91 Å². The van der Waals surface area contributed by atoms with Crippen molar-refractivity contribution in [3.05, 3.63) is 36.4 Å². The highest BCUT2D eigenvalue weighted by molar-refractivity contribution is 6.05. The van der Waals surface area contributed by atoms with Gasteiger partial charge < -0.3 is 10.1 Å². The third kappa shape index (κ3) is 3.79. The lowest BCUT2D eigenvalue weighted by Crippen LogP contribution is -2.27. The molecule has 118 valence electrons. The summed E-state index contributed by atoms with van der Waals surface area (Å²) in [5.74, 6) is 1.34. The predicted molar refractivity (Wildman–Crippen MR) is 92.4 cm³/mol. The fourth-order valence-corrected chi connectivity index (χ4v) is 2.07. The molecule has 0 aromatic heterocycles. The average Bonchev–Trinajstić information content (AvgIpc) is 2.45. The van der Waals surface area contributed by atoms with Gasteiger partial charge in [-0.1, -0.05) is 58.9 Å². The van der Waals surface area contributed by atoms with Gasteiger partial charge in [-0.05, 0) is 18.1 Å². The molecule has 0 unspecified atom stereocenters. The number of carbonyl (C=O) groups is 1. The van der Waals surface area contributed by atoms with Crippen LogP contribution in [0.2, 0.25) is 0 Å². The van der Waals surface area contributed by atoms with Gasteiger partial charge in [0.15, 0.2) is 0 Å². The molecule has 0 aliphatic carbocycles. The van der Waals surface area contributed by atoms with E-state index in [0.717, 1.165) is 22.2 Å². The normalized spacial score (nSPS) is 11.7. The van der Waals surface area contributed by atoms with Gasteiger partial charge in [0.05, 0.1) is 6.61 Å². The van der Waals surface area contributed by atoms with Crippen LogP contribution < -0.4 is 10.1 Å². The van der Waals surface area contributed by atoms with E-state index >= 15 is 0 Å². The van der Waals surface area contributed by atoms with Crippen LogP contribution in [0.4, 0.5) is 5.69 Å². The molecule has 0 heterocycles. The van der Waals surface area contributed by atoms with Gasteiger partial charge in [0.25, 0.3) is 0 Å². The zero-order valence-corrected chi connectivity index (χ0v) is 14.1. The van der Waals surface area contributed by atoms with Crippen LogP contribution in [-0.2, 0) is 4.79 Å². The van der Waals surface area contributed by atoms with E-state index in [-0.39, 0.29) is 5.91 Å². The monoisotopic (exact) mass is 299 g/mol. The summed E-state index contributed by atoms with van der Waals surface area (Å²) in [5, 5.41) is 5.05. The van der Waals surface area contributed by atoms with Crippen molar-refractivity contribution in [2.75, 3.05) is 11.9 Å². The van der Waals surface area contributed by atoms with Crippen LogP contribution in [0.1, 0.15) is 34.6 Å². The number of hydrogen-bond donors (Lipinski definition) is 1. The summed E-state index contributed by atoms with van der Waals surface area (Å²) in [5.41, 5.74) is 0.404. The number of carbonyl (C=O) groups excluding carboxylic acids is 1. The minimum atomic E-state index is -0.423. The second-order valence-corrected chi connectivity index (χ2v) is 7.07. The molecule has 0 atom stereocenters. The number of fused-ring (bicyclic) bond motifs is 1. The summed E-state index contributed by atoms with van der Waals surface area (Å²) in [4.78, 5) is 12.2. The van der Waals surface area contributed by atoms with Gasteiger partial charge in [-0.25, -0.2) is 0 Å². The average molecular weight is 299 g/mol. The summed E-state index contributed by atoms with van der Waals surface area (Å²) >= 11 is 0. The van der Waals surface area contributed by atoms with Crippen molar-refractivity contribution in [3.8, 4) is 5.75 Å². The van der Waals surface area contributed by atoms with Crippen molar-refractivity contribution in [3.63, 3.8) is 0 Å². The van der Waals surface area contributed by atoms with Crippen molar-refractivity contribution in [2.24, 2.45) is 11.3 Å². The first-order chi connectivity index (χ1) is 10.3. The minimum Gasteiger partial charge on any atom is -0.493 e. The Morgan fingerprint density at radius 3 is 2.32 bits per heavy atom. The Kier molecular flexibility index (Phi) is 4.74. The van der Waals surface area contributed by atoms with Gasteiger partial charge in [-0.3, -0.25) is 4.79 Å². The van der Waals surface area contributed by atoms with Crippen LogP contribution in [-0.4, -0.2) is 12.5 Å². The van der Waals surface area contributed by atoms with Crippen LogP contribution in [0.5, 0.6) is 5.75 Å². The SMILES string of the molecule is CC(C)COc1ccc(NC(=O)C(C)(C)C)c2ccccc12. The molecule has 0 aliphatic heterocycles. The standard InChI is InChI=1S/C19H25NO2/c1-13(2)12-22-17-11-10-16(20-18(21)19(3,4)5)14-8-6-7-9-15(14)17/h6-11,13H,12H2,1-5H3,(H,20,21). The maximum absolute atomic E-state index is 12.2. The van der Waals surface area contributed by atoms with E-state index in [0.29, 0.717) is 12.5 Å². The summed E-state index contributed by atoms with van der Waals surface area (Å²) in [6, 6.07) is 11.8. The summed E-state index contributed by atoms with van der Waals surface area (Å²) in [6.45, 7) is 10.7. The summed E-state index contributed by atoms with van der Waals surface area (Å²) < 4.78 is 5.90. The molecule has 1 N–H and O–H groups in total. The van der Waals surface area contributed by atoms with Gasteiger partial charge in [-0.2, -0.15) is 0 Å². The number of nitrogens with one attached hydrogen (secondary N) is 1. The van der Waals surface area contributed by atoms with Crippen molar-refractivity contribution >= 4 is 22.4 Å². The van der Waals surface area contributed by atoms with Crippen molar-refractivity contribution in [2.45, 2.75) is 34.6 Å². The molecule has 0 aliphatic rings. The molecular formula is C19H25NO2. The number of hydrogen-bond acceptors (Lipinski definition) is 2. The number of amides is 1. The molecule has 0 fully saturated rings. The zero-order chi connectivity index (χ0) is 16.3. The topological polar surface area (TPSA) is 38.3 Å². The summed E-state index contributed by atoms with van der Waals surface area (Å²) in [7, 11) is 0. The molecule has 2 aromatic carbocycles. The molecule has 2 aromatic rings. The highest BCUT2D eigenvalue weighted by Gasteiger charge is 2.22. The number of benzene rings is 2. The Morgan fingerprint density at radius 1 is 1.09 bits per heavy atom. The maximum atomic E-state index is 12.2. The molecular weight excluding hydrogens is 274 g/mol. The second-order valence-electron chi connectivity index (χ2n) is 7.07. The largest absolute Gasteiger partial charge is 0.493 e. The number of ether oxygens (including phenoxy) is 1. The van der Waals surface area contributed by atoms with E-state index in [1.54, 1.807) is 0 Å². The van der Waals surface area contributed by atoms with Crippen molar-refractivity contribution < 1.29 is 9.53 Å². The second kappa shape index (κ2) is 6.39. The van der Waals surface area contributed by atoms with Crippen molar-refractivity contribution in [1.29, 1.82) is 0 Å². The lowest BCUT2D eigenvalue weighted by molar-refractivity contribution is -0.123. The Morgan fingerprint density at radius 2 is 1.73 bits per heavy atom. The molecule has 22 heavy (non-hydrogen) atoms. The predicted octanol–water partition coefficient (Wildman–Crippen LogP) is 4.86. The van der Waals surface area contributed by atoms with Crippen LogP contribution in [0.25, 0.3) is 10.8 Å². The molecule has 0 bridgehead atoms. The van der Waals surface area contributed by atoms with E-state index < -0.39 is 5.41 Å². The molecule has 1 amide bonds. The van der Waals surface area contributed by atoms with E-state index in [2.05, 4.69) is 19.2 Å². The highest BCUT2D eigenvalue weighted by atomic mass is 16.5. The number of anilines is 1. The fourth-order valence-electron chi connectivity index (χ4n) is 2.07. The Hall–Kier alpha value is -2.03. The third-order valence-corrected chi connectivity index (χ3v) is 3.39. The maximum Gasteiger partial charge on any atom is 0.229 e. The Bertz CT molecular complexity index is 669. The zero-order valence-electron chi connectivity index (χ0n) is 14.1. The molecule has 3 nitrogen and oxygen atoms in total. The first kappa shape index (κ1) is 16.3. The summed E-state index contributed by atoms with van der Waals surface area (Å²) in [6.07, 6.45) is 0. The van der Waals surface area contributed by atoms with Gasteiger partial charge in [-0.15, -0.1) is 0 Å². The smallest absolute Gasteiger partial charge is 0.229 e.